The van der Waals surface area contributed by atoms with Crippen LogP contribution in [0.1, 0.15) is 29.3 Å². The van der Waals surface area contributed by atoms with Crippen molar-refractivity contribution in [3.63, 3.8) is 0 Å². The molecule has 1 aliphatic rings. The van der Waals surface area contributed by atoms with E-state index in [1.54, 1.807) is 18.2 Å². The molecule has 4 nitrogen and oxygen atoms in total. The summed E-state index contributed by atoms with van der Waals surface area (Å²) in [5.41, 5.74) is 1.33. The molecule has 0 bridgehead atoms. The summed E-state index contributed by atoms with van der Waals surface area (Å²) in [4.78, 5) is 23.1. The monoisotopic (exact) mass is 261 g/mol. The largest absolute Gasteiger partial charge is 0.426 e. The van der Waals surface area contributed by atoms with Crippen molar-refractivity contribution in [3.8, 4) is 11.2 Å². The van der Waals surface area contributed by atoms with Gasteiger partial charge in [-0.2, -0.15) is 5.26 Å². The van der Waals surface area contributed by atoms with E-state index in [4.69, 9.17) is 10.00 Å². The summed E-state index contributed by atoms with van der Waals surface area (Å²) in [6.45, 7) is 1.33. The minimum Gasteiger partial charge on any atom is -0.426 e. The van der Waals surface area contributed by atoms with E-state index in [1.807, 2.05) is 5.40 Å². The summed E-state index contributed by atoms with van der Waals surface area (Å²) in [5, 5.41) is 10.3. The van der Waals surface area contributed by atoms with Crippen molar-refractivity contribution in [3.05, 3.63) is 29.3 Å². The van der Waals surface area contributed by atoms with E-state index in [2.05, 4.69) is 0 Å². The third-order valence-corrected chi connectivity index (χ3v) is 3.64. The Morgan fingerprint density at radius 3 is 3.00 bits per heavy atom. The summed E-state index contributed by atoms with van der Waals surface area (Å²) in [6, 6.07) is 5.09. The summed E-state index contributed by atoms with van der Waals surface area (Å²) < 4.78 is 5.09. The first kappa shape index (κ1) is 12.7. The smallest absolute Gasteiger partial charge is 0.308 e. The Kier molecular flexibility index (Phi) is 3.68. The second-order valence-electron chi connectivity index (χ2n) is 3.98. The molecule has 2 rings (SSSR count). The molecule has 0 radical (unpaired) electrons. The highest BCUT2D eigenvalue weighted by atomic mass is 32.2. The van der Waals surface area contributed by atoms with Crippen LogP contribution in [0.3, 0.4) is 0 Å². The van der Waals surface area contributed by atoms with E-state index in [9.17, 15) is 9.59 Å². The number of Topliss-reactive ketones (excluding diaryl/α,β-unsaturated/α-hetero) is 1. The quantitative estimate of drug-likeness (QED) is 0.464. The molecule has 1 unspecified atom stereocenters. The summed E-state index contributed by atoms with van der Waals surface area (Å²) >= 11 is 0.992. The first-order chi connectivity index (χ1) is 8.63. The number of nitriles is 1. The molecule has 0 saturated carbocycles. The van der Waals surface area contributed by atoms with Gasteiger partial charge in [0, 0.05) is 18.1 Å². The van der Waals surface area contributed by atoms with Crippen molar-refractivity contribution >= 4 is 23.5 Å². The maximum Gasteiger partial charge on any atom is 0.308 e. The number of hydrogen-bond acceptors (Lipinski definition) is 5. The number of hydrogen-bond donors (Lipinski definition) is 0. The zero-order valence-corrected chi connectivity index (χ0v) is 10.6. The highest BCUT2D eigenvalue weighted by molar-refractivity contribution is 8.05. The molecule has 1 aromatic rings. The van der Waals surface area contributed by atoms with E-state index in [-0.39, 0.29) is 11.0 Å². The number of nitrogens with zero attached hydrogens (tertiary/aromatic N) is 1. The standard InChI is InChI=1S/C13H11NO3S/c1-8(15)17-11-4-2-3-10-9(11)5-6-12(13(10)16)18-7-14/h2-4,12H,5-6H2,1H3. The van der Waals surface area contributed by atoms with Gasteiger partial charge in [0.15, 0.2) is 5.78 Å². The lowest BCUT2D eigenvalue weighted by molar-refractivity contribution is -0.131. The molecule has 0 aromatic heterocycles. The Balaban J connectivity index is 2.36. The van der Waals surface area contributed by atoms with E-state index in [0.29, 0.717) is 24.2 Å². The SMILES string of the molecule is CC(=O)Oc1cccc2c1CCC(SC#N)C2=O. The number of fused-ring (bicyclic) bond motifs is 1. The lowest BCUT2D eigenvalue weighted by Gasteiger charge is -2.22. The van der Waals surface area contributed by atoms with Crippen LogP contribution in [0.15, 0.2) is 18.2 Å². The Bertz CT molecular complexity index is 548. The van der Waals surface area contributed by atoms with Crippen LogP contribution in [0.2, 0.25) is 0 Å². The van der Waals surface area contributed by atoms with Crippen LogP contribution < -0.4 is 4.74 Å². The molecule has 92 valence electrons. The Morgan fingerprint density at radius 1 is 1.56 bits per heavy atom. The molecule has 0 amide bonds. The zero-order valence-electron chi connectivity index (χ0n) is 9.80. The zero-order chi connectivity index (χ0) is 13.1. The van der Waals surface area contributed by atoms with Gasteiger partial charge in [0.2, 0.25) is 0 Å². The summed E-state index contributed by atoms with van der Waals surface area (Å²) in [6.07, 6.45) is 1.24. The third kappa shape index (κ3) is 2.39. The van der Waals surface area contributed by atoms with Gasteiger partial charge in [0.1, 0.15) is 11.2 Å². The fraction of sp³-hybridized carbons (Fsp3) is 0.308. The van der Waals surface area contributed by atoms with Crippen molar-refractivity contribution < 1.29 is 14.3 Å². The second-order valence-corrected chi connectivity index (χ2v) is 4.96. The van der Waals surface area contributed by atoms with Crippen molar-refractivity contribution in [1.29, 1.82) is 5.26 Å². The van der Waals surface area contributed by atoms with Crippen LogP contribution in [0, 0.1) is 10.7 Å². The molecule has 0 N–H and O–H groups in total. The molecule has 0 saturated heterocycles. The Labute approximate surface area is 109 Å². The first-order valence-corrected chi connectivity index (χ1v) is 6.40. The van der Waals surface area contributed by atoms with Gasteiger partial charge in [-0.3, -0.25) is 9.59 Å². The van der Waals surface area contributed by atoms with Crippen LogP contribution >= 0.6 is 11.8 Å². The minimum absolute atomic E-state index is 0.0585. The van der Waals surface area contributed by atoms with Crippen molar-refractivity contribution in [1.82, 2.24) is 0 Å². The van der Waals surface area contributed by atoms with Crippen molar-refractivity contribution in [2.24, 2.45) is 0 Å². The molecule has 0 heterocycles. The Hall–Kier alpha value is -1.80. The predicted octanol–water partition coefficient (Wildman–Crippen LogP) is 2.32. The molecule has 1 aliphatic carbocycles. The van der Waals surface area contributed by atoms with Crippen molar-refractivity contribution in [2.75, 3.05) is 0 Å². The van der Waals surface area contributed by atoms with E-state index in [1.165, 1.54) is 6.92 Å². The highest BCUT2D eigenvalue weighted by Gasteiger charge is 2.29. The number of ether oxygens (including phenoxy) is 1. The van der Waals surface area contributed by atoms with Gasteiger partial charge < -0.3 is 4.74 Å². The molecule has 5 heteroatoms. The topological polar surface area (TPSA) is 67.2 Å². The fourth-order valence-corrected chi connectivity index (χ4v) is 2.66. The highest BCUT2D eigenvalue weighted by Crippen LogP contribution is 2.33. The molecule has 1 atom stereocenters. The number of thiocyanates is 1. The molecule has 18 heavy (non-hydrogen) atoms. The number of carbonyl (C=O) groups is 2. The van der Waals surface area contributed by atoms with Gasteiger partial charge in [-0.15, -0.1) is 0 Å². The number of rotatable bonds is 2. The van der Waals surface area contributed by atoms with E-state index < -0.39 is 5.97 Å². The maximum atomic E-state index is 12.1. The number of thioether (sulfide) groups is 1. The third-order valence-electron chi connectivity index (χ3n) is 2.80. The van der Waals surface area contributed by atoms with Gasteiger partial charge in [-0.05, 0) is 30.7 Å². The second kappa shape index (κ2) is 5.23. The molecule has 0 spiro atoms. The Morgan fingerprint density at radius 2 is 2.33 bits per heavy atom. The summed E-state index contributed by atoms with van der Waals surface area (Å²) in [5.74, 6) is -0.00469. The fourth-order valence-electron chi connectivity index (χ4n) is 2.06. The number of carbonyl (C=O) groups excluding carboxylic acids is 2. The molecule has 0 fully saturated rings. The first-order valence-electron chi connectivity index (χ1n) is 5.52. The van der Waals surface area contributed by atoms with Crippen molar-refractivity contribution in [2.45, 2.75) is 25.0 Å². The van der Waals surface area contributed by atoms with Crippen LogP contribution in [-0.2, 0) is 11.2 Å². The molecule has 1 aromatic carbocycles. The molecular formula is C13H11NO3S. The van der Waals surface area contributed by atoms with Gasteiger partial charge in [0.05, 0.1) is 5.25 Å². The van der Waals surface area contributed by atoms with Crippen LogP contribution in [0.4, 0.5) is 0 Å². The van der Waals surface area contributed by atoms with Gasteiger partial charge in [-0.25, -0.2) is 0 Å². The average molecular weight is 261 g/mol. The van der Waals surface area contributed by atoms with E-state index >= 15 is 0 Å². The minimum atomic E-state index is -0.399. The average Bonchev–Trinajstić information content (AvgIpc) is 2.33. The van der Waals surface area contributed by atoms with Gasteiger partial charge in [-0.1, -0.05) is 12.1 Å². The lowest BCUT2D eigenvalue weighted by atomic mass is 9.89. The lowest BCUT2D eigenvalue weighted by Crippen LogP contribution is -2.25. The maximum absolute atomic E-state index is 12.1. The number of benzene rings is 1. The normalized spacial score (nSPS) is 17.8. The molecular weight excluding hydrogens is 250 g/mol. The van der Waals surface area contributed by atoms with Crippen LogP contribution in [0.25, 0.3) is 0 Å². The van der Waals surface area contributed by atoms with Gasteiger partial charge >= 0.3 is 5.97 Å². The number of esters is 1. The van der Waals surface area contributed by atoms with E-state index in [0.717, 1.165) is 17.3 Å². The molecule has 0 aliphatic heterocycles. The van der Waals surface area contributed by atoms with Crippen LogP contribution in [0.5, 0.6) is 5.75 Å². The predicted molar refractivity (Wildman–Crippen MR) is 67.4 cm³/mol. The summed E-state index contributed by atoms with van der Waals surface area (Å²) in [7, 11) is 0. The van der Waals surface area contributed by atoms with Gasteiger partial charge in [0.25, 0.3) is 0 Å². The van der Waals surface area contributed by atoms with Crippen LogP contribution in [-0.4, -0.2) is 17.0 Å². The number of ketones is 1.